The molecule has 7 nitrogen and oxygen atoms in total. The number of ether oxygens (including phenoxy) is 1. The Balaban J connectivity index is 1.67. The molecule has 2 N–H and O–H groups in total. The molecule has 0 fully saturated rings. The average molecular weight is 414 g/mol. The van der Waals surface area contributed by atoms with E-state index in [-0.39, 0.29) is 11.8 Å². The molecule has 0 radical (unpaired) electrons. The summed E-state index contributed by atoms with van der Waals surface area (Å²) in [6.45, 7) is 3.35. The van der Waals surface area contributed by atoms with Gasteiger partial charge in [-0.15, -0.1) is 0 Å². The number of carbonyl (C=O) groups excluding carboxylic acids is 2. The topological polar surface area (TPSA) is 85.2 Å². The molecule has 0 aliphatic rings. The van der Waals surface area contributed by atoms with Gasteiger partial charge in [0.25, 0.3) is 5.91 Å². The predicted molar refractivity (Wildman–Crippen MR) is 121 cm³/mol. The van der Waals surface area contributed by atoms with Crippen LogP contribution in [-0.2, 0) is 4.79 Å². The molecule has 4 aromatic rings. The van der Waals surface area contributed by atoms with Gasteiger partial charge in [-0.05, 0) is 49.4 Å². The molecule has 1 aromatic heterocycles. The zero-order valence-corrected chi connectivity index (χ0v) is 17.5. The maximum absolute atomic E-state index is 13.0. The van der Waals surface area contributed by atoms with Crippen LogP contribution in [0.5, 0.6) is 5.75 Å². The van der Waals surface area contributed by atoms with Gasteiger partial charge in [0, 0.05) is 24.2 Å². The third-order valence-electron chi connectivity index (χ3n) is 4.88. The van der Waals surface area contributed by atoms with Crippen LogP contribution in [0.2, 0.25) is 0 Å². The fourth-order valence-corrected chi connectivity index (χ4v) is 3.49. The summed E-state index contributed by atoms with van der Waals surface area (Å²) in [5, 5.41) is 5.57. The van der Waals surface area contributed by atoms with E-state index >= 15 is 0 Å². The molecular formula is C24H22N4O3. The van der Waals surface area contributed by atoms with Crippen LogP contribution >= 0.6 is 0 Å². The van der Waals surface area contributed by atoms with E-state index in [4.69, 9.17) is 4.74 Å². The van der Waals surface area contributed by atoms with Crippen molar-refractivity contribution in [2.24, 2.45) is 0 Å². The number of nitrogens with zero attached hydrogens (tertiary/aromatic N) is 2. The molecule has 2 amide bonds. The van der Waals surface area contributed by atoms with Crippen molar-refractivity contribution in [2.45, 2.75) is 13.8 Å². The fraction of sp³-hybridized carbons (Fsp3) is 0.125. The van der Waals surface area contributed by atoms with Crippen LogP contribution in [0.3, 0.4) is 0 Å². The molecule has 0 atom stereocenters. The van der Waals surface area contributed by atoms with Gasteiger partial charge in [0.2, 0.25) is 5.91 Å². The average Bonchev–Trinajstić information content (AvgIpc) is 3.10. The summed E-state index contributed by atoms with van der Waals surface area (Å²) in [5.41, 5.74) is 4.05. The Morgan fingerprint density at radius 3 is 2.42 bits per heavy atom. The van der Waals surface area contributed by atoms with Crippen molar-refractivity contribution in [2.75, 3.05) is 17.7 Å². The molecule has 0 bridgehead atoms. The van der Waals surface area contributed by atoms with Crippen LogP contribution in [0.15, 0.2) is 66.7 Å². The highest BCUT2D eigenvalue weighted by Gasteiger charge is 2.15. The van der Waals surface area contributed by atoms with E-state index in [0.717, 1.165) is 22.5 Å². The van der Waals surface area contributed by atoms with Gasteiger partial charge in [0.15, 0.2) is 0 Å². The minimum Gasteiger partial charge on any atom is -0.497 e. The zero-order valence-electron chi connectivity index (χ0n) is 17.5. The molecule has 1 heterocycles. The van der Waals surface area contributed by atoms with E-state index in [1.54, 1.807) is 37.4 Å². The number of hydrogen-bond donors (Lipinski definition) is 2. The summed E-state index contributed by atoms with van der Waals surface area (Å²) in [7, 11) is 1.54. The molecule has 0 aliphatic heterocycles. The lowest BCUT2D eigenvalue weighted by Crippen LogP contribution is -2.15. The standard InChI is InChI=1S/C24H22N4O3/c1-15-25-22-13-17(9-12-23(22)28(15)18-7-5-4-6-8-18)24(30)27-21-14-19(31-3)10-11-20(21)26-16(2)29/h4-14H,1-3H3,(H,26,29)(H,27,30). The van der Waals surface area contributed by atoms with Gasteiger partial charge in [0.05, 0.1) is 29.5 Å². The Hall–Kier alpha value is -4.13. The highest BCUT2D eigenvalue weighted by molar-refractivity contribution is 6.08. The summed E-state index contributed by atoms with van der Waals surface area (Å²) in [6, 6.07) is 20.4. The molecule has 0 spiro atoms. The number of nitrogens with one attached hydrogen (secondary N) is 2. The second-order valence-electron chi connectivity index (χ2n) is 7.08. The van der Waals surface area contributed by atoms with Gasteiger partial charge in [-0.3, -0.25) is 14.2 Å². The van der Waals surface area contributed by atoms with Crippen LogP contribution in [0.4, 0.5) is 11.4 Å². The minimum atomic E-state index is -0.311. The Morgan fingerprint density at radius 2 is 1.71 bits per heavy atom. The number of aromatic nitrogens is 2. The highest BCUT2D eigenvalue weighted by atomic mass is 16.5. The van der Waals surface area contributed by atoms with E-state index < -0.39 is 0 Å². The number of imidazole rings is 1. The van der Waals surface area contributed by atoms with Crippen molar-refractivity contribution in [3.8, 4) is 11.4 Å². The molecule has 0 saturated carbocycles. The molecule has 3 aromatic carbocycles. The Labute approximate surface area is 179 Å². The largest absolute Gasteiger partial charge is 0.497 e. The first-order chi connectivity index (χ1) is 15.0. The van der Waals surface area contributed by atoms with Gasteiger partial charge in [-0.25, -0.2) is 4.98 Å². The third-order valence-corrected chi connectivity index (χ3v) is 4.88. The smallest absolute Gasteiger partial charge is 0.255 e. The number of para-hydroxylation sites is 1. The third kappa shape index (κ3) is 4.11. The monoisotopic (exact) mass is 414 g/mol. The first-order valence-electron chi connectivity index (χ1n) is 9.78. The second-order valence-corrected chi connectivity index (χ2v) is 7.08. The number of rotatable bonds is 5. The van der Waals surface area contributed by atoms with Crippen molar-refractivity contribution in [1.82, 2.24) is 9.55 Å². The quantitative estimate of drug-likeness (QED) is 0.502. The first kappa shape index (κ1) is 20.2. The number of fused-ring (bicyclic) bond motifs is 1. The SMILES string of the molecule is COc1ccc(NC(C)=O)c(NC(=O)c2ccc3c(c2)nc(C)n3-c2ccccc2)c1. The molecule has 31 heavy (non-hydrogen) atoms. The van der Waals surface area contributed by atoms with Crippen molar-refractivity contribution >= 4 is 34.2 Å². The number of methoxy groups -OCH3 is 1. The van der Waals surface area contributed by atoms with Crippen LogP contribution < -0.4 is 15.4 Å². The number of anilines is 2. The van der Waals surface area contributed by atoms with E-state index in [9.17, 15) is 9.59 Å². The van der Waals surface area contributed by atoms with Gasteiger partial charge < -0.3 is 15.4 Å². The number of amides is 2. The molecule has 156 valence electrons. The highest BCUT2D eigenvalue weighted by Crippen LogP contribution is 2.28. The van der Waals surface area contributed by atoms with Gasteiger partial charge in [0.1, 0.15) is 11.6 Å². The summed E-state index contributed by atoms with van der Waals surface area (Å²) in [5.74, 6) is 0.856. The van der Waals surface area contributed by atoms with Crippen molar-refractivity contribution < 1.29 is 14.3 Å². The first-order valence-corrected chi connectivity index (χ1v) is 9.78. The molecule has 7 heteroatoms. The van der Waals surface area contributed by atoms with Crippen LogP contribution in [-0.4, -0.2) is 28.5 Å². The predicted octanol–water partition coefficient (Wildman–Crippen LogP) is 4.55. The second kappa shape index (κ2) is 8.31. The summed E-state index contributed by atoms with van der Waals surface area (Å²) in [6.07, 6.45) is 0. The van der Waals surface area contributed by atoms with E-state index in [1.165, 1.54) is 6.92 Å². The van der Waals surface area contributed by atoms with E-state index in [1.807, 2.05) is 47.9 Å². The van der Waals surface area contributed by atoms with Crippen molar-refractivity contribution in [1.29, 1.82) is 0 Å². The number of benzene rings is 3. The molecule has 4 rings (SSSR count). The van der Waals surface area contributed by atoms with Crippen molar-refractivity contribution in [3.63, 3.8) is 0 Å². The van der Waals surface area contributed by atoms with Gasteiger partial charge in [-0.1, -0.05) is 18.2 Å². The zero-order chi connectivity index (χ0) is 22.0. The molecule has 0 unspecified atom stereocenters. The molecule has 0 aliphatic carbocycles. The lowest BCUT2D eigenvalue weighted by atomic mass is 10.1. The number of aryl methyl sites for hydroxylation is 1. The van der Waals surface area contributed by atoms with E-state index in [0.29, 0.717) is 22.7 Å². The summed E-state index contributed by atoms with van der Waals surface area (Å²) >= 11 is 0. The Bertz CT molecular complexity index is 1280. The van der Waals surface area contributed by atoms with Crippen LogP contribution in [0, 0.1) is 6.92 Å². The minimum absolute atomic E-state index is 0.232. The Morgan fingerprint density at radius 1 is 0.935 bits per heavy atom. The summed E-state index contributed by atoms with van der Waals surface area (Å²) in [4.78, 5) is 29.1. The van der Waals surface area contributed by atoms with Gasteiger partial charge >= 0.3 is 0 Å². The number of hydrogen-bond acceptors (Lipinski definition) is 4. The van der Waals surface area contributed by atoms with Crippen LogP contribution in [0.25, 0.3) is 16.7 Å². The Kier molecular flexibility index (Phi) is 5.41. The normalized spacial score (nSPS) is 10.7. The van der Waals surface area contributed by atoms with E-state index in [2.05, 4.69) is 15.6 Å². The maximum atomic E-state index is 13.0. The molecular weight excluding hydrogens is 392 g/mol. The molecule has 0 saturated heterocycles. The number of carbonyl (C=O) groups is 2. The van der Waals surface area contributed by atoms with Gasteiger partial charge in [-0.2, -0.15) is 0 Å². The lowest BCUT2D eigenvalue weighted by molar-refractivity contribution is -0.114. The summed E-state index contributed by atoms with van der Waals surface area (Å²) < 4.78 is 7.29. The van der Waals surface area contributed by atoms with Crippen LogP contribution in [0.1, 0.15) is 23.1 Å². The lowest BCUT2D eigenvalue weighted by Gasteiger charge is -2.13. The van der Waals surface area contributed by atoms with Crippen molar-refractivity contribution in [3.05, 3.63) is 78.1 Å². The fourth-order valence-electron chi connectivity index (χ4n) is 3.49. The maximum Gasteiger partial charge on any atom is 0.255 e.